The number of piperazine rings is 1. The fraction of sp³-hybridized carbons (Fsp3) is 0.387. The van der Waals surface area contributed by atoms with Crippen molar-refractivity contribution in [1.29, 1.82) is 0 Å². The second-order valence-corrected chi connectivity index (χ2v) is 11.3. The number of hydrogen-bond donors (Lipinski definition) is 2. The summed E-state index contributed by atoms with van der Waals surface area (Å²) in [6.07, 6.45) is 1.80. The molecule has 10 nitrogen and oxygen atoms in total. The predicted octanol–water partition coefficient (Wildman–Crippen LogP) is 2.42. The largest absolute Gasteiger partial charge is 0.507 e. The molecule has 1 unspecified atom stereocenters. The first kappa shape index (κ1) is 27.0. The number of likely N-dealkylation sites (N-methyl/N-ethyl adjacent to an activating group) is 1. The zero-order valence-electron chi connectivity index (χ0n) is 23.6. The SMILES string of the molecule is C=C1CN(c2cc(-c3ccccc3O)nnc2N)CC(C)N1c1ccnc(C#CCN2CC3(CN(C)CCO3)C2)c1. The van der Waals surface area contributed by atoms with Crippen LogP contribution in [0.1, 0.15) is 12.6 Å². The standard InChI is InChI=1S/C31H36N8O2/c1-22-17-38(28-16-27(34-35-30(28)32)26-8-4-5-9-29(26)40)18-23(2)39(22)25-10-11-33-24(15-25)7-6-12-37-20-31(21-37)19-36(3)13-14-41-31/h4-5,8-11,15-16,23,40H,1,12-14,17-21H2,2-3H3,(H2,32,35). The van der Waals surface area contributed by atoms with Crippen LogP contribution in [0.2, 0.25) is 0 Å². The molecule has 2 aromatic heterocycles. The molecule has 3 N–H and O–H groups in total. The number of pyridine rings is 1. The van der Waals surface area contributed by atoms with Gasteiger partial charge in [-0.05, 0) is 50.2 Å². The second-order valence-electron chi connectivity index (χ2n) is 11.3. The van der Waals surface area contributed by atoms with Gasteiger partial charge >= 0.3 is 0 Å². The minimum absolute atomic E-state index is 0.0205. The molecule has 0 radical (unpaired) electrons. The number of ether oxygens (including phenoxy) is 1. The molecule has 3 fully saturated rings. The van der Waals surface area contributed by atoms with Gasteiger partial charge in [-0.15, -0.1) is 10.2 Å². The molecule has 3 saturated heterocycles. The highest BCUT2D eigenvalue weighted by molar-refractivity contribution is 5.75. The van der Waals surface area contributed by atoms with Gasteiger partial charge in [0.05, 0.1) is 31.1 Å². The van der Waals surface area contributed by atoms with Gasteiger partial charge in [0.15, 0.2) is 5.82 Å². The summed E-state index contributed by atoms with van der Waals surface area (Å²) in [5.74, 6) is 7.04. The van der Waals surface area contributed by atoms with E-state index in [2.05, 4.69) is 67.2 Å². The first-order chi connectivity index (χ1) is 19.8. The molecule has 0 saturated carbocycles. The molecule has 0 bridgehead atoms. The lowest BCUT2D eigenvalue weighted by Crippen LogP contribution is -2.69. The Hall–Kier alpha value is -4.17. The molecule has 3 aliphatic rings. The number of phenolic OH excluding ortho intramolecular Hbond substituents is 1. The van der Waals surface area contributed by atoms with Crippen molar-refractivity contribution in [3.05, 3.63) is 66.6 Å². The molecule has 0 amide bonds. The smallest absolute Gasteiger partial charge is 0.169 e. The van der Waals surface area contributed by atoms with Gasteiger partial charge in [-0.3, -0.25) is 4.90 Å². The van der Waals surface area contributed by atoms with Gasteiger partial charge in [0.1, 0.15) is 17.0 Å². The van der Waals surface area contributed by atoms with Crippen molar-refractivity contribution >= 4 is 17.2 Å². The van der Waals surface area contributed by atoms with Crippen LogP contribution in [-0.2, 0) is 4.74 Å². The molecule has 1 aromatic carbocycles. The van der Waals surface area contributed by atoms with E-state index < -0.39 is 0 Å². The van der Waals surface area contributed by atoms with Gasteiger partial charge in [0.25, 0.3) is 0 Å². The van der Waals surface area contributed by atoms with Gasteiger partial charge < -0.3 is 30.3 Å². The molecule has 5 heterocycles. The lowest BCUT2D eigenvalue weighted by molar-refractivity contribution is -0.176. The summed E-state index contributed by atoms with van der Waals surface area (Å²) >= 11 is 0. The third-order valence-corrected chi connectivity index (χ3v) is 7.97. The van der Waals surface area contributed by atoms with Crippen LogP contribution >= 0.6 is 0 Å². The number of aromatic nitrogens is 3. The number of benzene rings is 1. The van der Waals surface area contributed by atoms with Gasteiger partial charge in [0, 0.05) is 61.9 Å². The van der Waals surface area contributed by atoms with Crippen LogP contribution in [0.4, 0.5) is 17.2 Å². The molecular formula is C31H36N8O2. The second kappa shape index (κ2) is 11.0. The number of aromatic hydroxyl groups is 1. The van der Waals surface area contributed by atoms with Crippen LogP contribution in [-0.4, -0.2) is 101 Å². The molecule has 6 rings (SSSR count). The fourth-order valence-corrected chi connectivity index (χ4v) is 6.15. The van der Waals surface area contributed by atoms with Gasteiger partial charge in [-0.1, -0.05) is 24.6 Å². The van der Waals surface area contributed by atoms with Crippen molar-refractivity contribution < 1.29 is 9.84 Å². The van der Waals surface area contributed by atoms with Crippen molar-refractivity contribution in [3.8, 4) is 28.8 Å². The molecule has 3 aromatic rings. The summed E-state index contributed by atoms with van der Waals surface area (Å²) in [4.78, 5) is 13.5. The zero-order chi connectivity index (χ0) is 28.6. The van der Waals surface area contributed by atoms with E-state index in [0.29, 0.717) is 36.7 Å². The normalized spacial score (nSPS) is 20.9. The molecular weight excluding hydrogens is 516 g/mol. The maximum absolute atomic E-state index is 10.3. The Morgan fingerprint density at radius 2 is 2.00 bits per heavy atom. The van der Waals surface area contributed by atoms with Gasteiger partial charge in [-0.2, -0.15) is 0 Å². The van der Waals surface area contributed by atoms with Crippen LogP contribution in [0, 0.1) is 11.8 Å². The summed E-state index contributed by atoms with van der Waals surface area (Å²) in [7, 11) is 2.15. The highest BCUT2D eigenvalue weighted by Gasteiger charge is 2.46. The van der Waals surface area contributed by atoms with Crippen LogP contribution in [0.5, 0.6) is 5.75 Å². The summed E-state index contributed by atoms with van der Waals surface area (Å²) in [5.41, 5.74) is 10.9. The number of para-hydroxylation sites is 1. The maximum Gasteiger partial charge on any atom is 0.169 e. The Balaban J connectivity index is 1.12. The van der Waals surface area contributed by atoms with Crippen LogP contribution < -0.4 is 15.5 Å². The van der Waals surface area contributed by atoms with E-state index in [1.165, 1.54) is 0 Å². The molecule has 212 valence electrons. The summed E-state index contributed by atoms with van der Waals surface area (Å²) in [5, 5.41) is 18.7. The van der Waals surface area contributed by atoms with Crippen LogP contribution in [0.3, 0.4) is 0 Å². The van der Waals surface area contributed by atoms with Crippen molar-refractivity contribution in [2.75, 3.05) is 75.0 Å². The van der Waals surface area contributed by atoms with E-state index in [0.717, 1.165) is 55.6 Å². The number of rotatable bonds is 4. The minimum Gasteiger partial charge on any atom is -0.507 e. The predicted molar refractivity (Wildman–Crippen MR) is 161 cm³/mol. The number of nitrogens with zero attached hydrogens (tertiary/aromatic N) is 7. The Bertz CT molecular complexity index is 1510. The number of phenols is 1. The van der Waals surface area contributed by atoms with E-state index in [-0.39, 0.29) is 17.4 Å². The number of hydrogen-bond acceptors (Lipinski definition) is 10. The number of nitrogen functional groups attached to an aromatic ring is 1. The number of morpholine rings is 1. The summed E-state index contributed by atoms with van der Waals surface area (Å²) in [6, 6.07) is 13.1. The minimum atomic E-state index is -0.0205. The highest BCUT2D eigenvalue weighted by atomic mass is 16.5. The fourth-order valence-electron chi connectivity index (χ4n) is 6.15. The summed E-state index contributed by atoms with van der Waals surface area (Å²) < 4.78 is 6.06. The zero-order valence-corrected chi connectivity index (χ0v) is 23.6. The molecule has 10 heteroatoms. The molecule has 3 aliphatic heterocycles. The molecule has 1 spiro atoms. The monoisotopic (exact) mass is 552 g/mol. The van der Waals surface area contributed by atoms with E-state index in [9.17, 15) is 5.11 Å². The summed E-state index contributed by atoms with van der Waals surface area (Å²) in [6.45, 7) is 13.1. The van der Waals surface area contributed by atoms with E-state index >= 15 is 0 Å². The van der Waals surface area contributed by atoms with Crippen molar-refractivity contribution in [1.82, 2.24) is 25.0 Å². The van der Waals surface area contributed by atoms with Gasteiger partial charge in [-0.25, -0.2) is 4.98 Å². The molecule has 1 atom stereocenters. The third-order valence-electron chi connectivity index (χ3n) is 7.97. The van der Waals surface area contributed by atoms with Crippen molar-refractivity contribution in [2.45, 2.75) is 18.6 Å². The van der Waals surface area contributed by atoms with E-state index in [4.69, 9.17) is 10.5 Å². The Morgan fingerprint density at radius 3 is 2.78 bits per heavy atom. The first-order valence-corrected chi connectivity index (χ1v) is 13.9. The average Bonchev–Trinajstić information content (AvgIpc) is 2.93. The lowest BCUT2D eigenvalue weighted by Gasteiger charge is -2.53. The van der Waals surface area contributed by atoms with E-state index in [1.807, 2.05) is 30.3 Å². The number of likely N-dealkylation sites (tertiary alicyclic amines) is 1. The molecule has 0 aliphatic carbocycles. The van der Waals surface area contributed by atoms with Crippen molar-refractivity contribution in [3.63, 3.8) is 0 Å². The topological polar surface area (TPSA) is 107 Å². The highest BCUT2D eigenvalue weighted by Crippen LogP contribution is 2.34. The Kier molecular flexibility index (Phi) is 7.26. The lowest BCUT2D eigenvalue weighted by atomic mass is 9.92. The van der Waals surface area contributed by atoms with Crippen LogP contribution in [0.25, 0.3) is 11.3 Å². The number of anilines is 3. The first-order valence-electron chi connectivity index (χ1n) is 13.9. The van der Waals surface area contributed by atoms with Crippen LogP contribution in [0.15, 0.2) is 60.9 Å². The third kappa shape index (κ3) is 5.57. The Labute approximate surface area is 241 Å². The van der Waals surface area contributed by atoms with E-state index in [1.54, 1.807) is 18.3 Å². The number of nitrogens with two attached hydrogens (primary N) is 1. The Morgan fingerprint density at radius 1 is 1.17 bits per heavy atom. The van der Waals surface area contributed by atoms with Gasteiger partial charge in [0.2, 0.25) is 0 Å². The average molecular weight is 553 g/mol. The van der Waals surface area contributed by atoms with Crippen molar-refractivity contribution in [2.24, 2.45) is 0 Å². The molecule has 41 heavy (non-hydrogen) atoms. The maximum atomic E-state index is 10.3. The quantitative estimate of drug-likeness (QED) is 0.469.